The van der Waals surface area contributed by atoms with E-state index in [-0.39, 0.29) is 18.2 Å². The molecule has 2 N–H and O–H groups in total. The van der Waals surface area contributed by atoms with Gasteiger partial charge in [-0.25, -0.2) is 4.99 Å². The van der Waals surface area contributed by atoms with Gasteiger partial charge in [-0.15, -0.1) is 0 Å². The molecule has 0 bridgehead atoms. The highest BCUT2D eigenvalue weighted by Gasteiger charge is 2.36. The minimum absolute atomic E-state index is 0.0663. The lowest BCUT2D eigenvalue weighted by atomic mass is 10.1. The van der Waals surface area contributed by atoms with Gasteiger partial charge in [0, 0.05) is 58.1 Å². The number of aryl methyl sites for hydroxylation is 1. The normalized spacial score (nSPS) is 17.3. The minimum Gasteiger partial charge on any atom is -0.383 e. The van der Waals surface area contributed by atoms with E-state index in [1.807, 2.05) is 6.92 Å². The second-order valence-electron chi connectivity index (χ2n) is 6.62. The van der Waals surface area contributed by atoms with Crippen LogP contribution in [0.2, 0.25) is 0 Å². The molecule has 1 aromatic rings. The number of alkyl halides is 3. The molecule has 1 aliphatic rings. The summed E-state index contributed by atoms with van der Waals surface area (Å²) >= 11 is 0. The molecule has 7 nitrogen and oxygen atoms in total. The molecule has 0 amide bonds. The monoisotopic (exact) mass is 390 g/mol. The maximum atomic E-state index is 13.1. The summed E-state index contributed by atoms with van der Waals surface area (Å²) in [7, 11) is 3.17. The van der Waals surface area contributed by atoms with E-state index in [0.29, 0.717) is 12.5 Å². The van der Waals surface area contributed by atoms with Crippen LogP contribution in [0.15, 0.2) is 11.2 Å². The Balaban J connectivity index is 1.96. The summed E-state index contributed by atoms with van der Waals surface area (Å²) in [6.07, 6.45) is -1.21. The van der Waals surface area contributed by atoms with Gasteiger partial charge in [0.15, 0.2) is 11.7 Å². The second kappa shape index (κ2) is 9.93. The van der Waals surface area contributed by atoms with Gasteiger partial charge in [0.2, 0.25) is 0 Å². The van der Waals surface area contributed by atoms with E-state index < -0.39 is 11.9 Å². The standard InChI is InChI=1S/C17H29F3N6O/c1-4-21-16(23-14-5-7-26(8-6-14)9-10-27-3)22-11-13-12-25(2)24-15(13)17(18,19)20/h12,14H,4-11H2,1-3H3,(H2,21,22,23). The number of nitrogens with zero attached hydrogens (tertiary/aromatic N) is 4. The first-order valence-corrected chi connectivity index (χ1v) is 9.19. The van der Waals surface area contributed by atoms with Crippen LogP contribution in [0.3, 0.4) is 0 Å². The Morgan fingerprint density at radius 1 is 1.37 bits per heavy atom. The van der Waals surface area contributed by atoms with Crippen molar-refractivity contribution in [3.63, 3.8) is 0 Å². The third-order valence-electron chi connectivity index (χ3n) is 4.46. The number of hydrogen-bond donors (Lipinski definition) is 2. The number of methoxy groups -OCH3 is 1. The van der Waals surface area contributed by atoms with E-state index in [4.69, 9.17) is 4.74 Å². The fourth-order valence-corrected chi connectivity index (χ4v) is 3.09. The van der Waals surface area contributed by atoms with Crippen molar-refractivity contribution in [3.8, 4) is 0 Å². The van der Waals surface area contributed by atoms with Crippen molar-refractivity contribution in [1.29, 1.82) is 0 Å². The van der Waals surface area contributed by atoms with Crippen molar-refractivity contribution < 1.29 is 17.9 Å². The van der Waals surface area contributed by atoms with Gasteiger partial charge in [0.25, 0.3) is 0 Å². The SMILES string of the molecule is CCNC(=NCc1cn(C)nc1C(F)(F)F)NC1CCN(CCOC)CC1. The first kappa shape index (κ1) is 21.5. The molecule has 2 heterocycles. The third kappa shape index (κ3) is 6.69. The third-order valence-corrected chi connectivity index (χ3v) is 4.46. The summed E-state index contributed by atoms with van der Waals surface area (Å²) in [5.41, 5.74) is -0.812. The smallest absolute Gasteiger partial charge is 0.383 e. The van der Waals surface area contributed by atoms with Crippen LogP contribution < -0.4 is 10.6 Å². The molecule has 27 heavy (non-hydrogen) atoms. The van der Waals surface area contributed by atoms with Crippen LogP contribution in [0, 0.1) is 0 Å². The number of hydrogen-bond acceptors (Lipinski definition) is 4. The van der Waals surface area contributed by atoms with E-state index in [1.165, 1.54) is 17.9 Å². The minimum atomic E-state index is -4.48. The molecule has 0 aliphatic carbocycles. The van der Waals surface area contributed by atoms with Crippen LogP contribution in [-0.4, -0.2) is 66.6 Å². The lowest BCUT2D eigenvalue weighted by Crippen LogP contribution is -2.49. The molecule has 1 aliphatic heterocycles. The summed E-state index contributed by atoms with van der Waals surface area (Å²) < 4.78 is 45.5. The zero-order valence-corrected chi connectivity index (χ0v) is 16.1. The molecule has 2 rings (SSSR count). The van der Waals surface area contributed by atoms with Crippen molar-refractivity contribution in [2.24, 2.45) is 12.0 Å². The van der Waals surface area contributed by atoms with Crippen LogP contribution in [0.25, 0.3) is 0 Å². The highest BCUT2D eigenvalue weighted by atomic mass is 19.4. The van der Waals surface area contributed by atoms with Gasteiger partial charge in [-0.05, 0) is 19.8 Å². The van der Waals surface area contributed by atoms with E-state index >= 15 is 0 Å². The maximum absolute atomic E-state index is 13.1. The average molecular weight is 390 g/mol. The number of aliphatic imine (C=N–C) groups is 1. The Kier molecular flexibility index (Phi) is 7.91. The van der Waals surface area contributed by atoms with Crippen LogP contribution in [0.1, 0.15) is 31.0 Å². The van der Waals surface area contributed by atoms with Crippen molar-refractivity contribution in [3.05, 3.63) is 17.5 Å². The van der Waals surface area contributed by atoms with Crippen molar-refractivity contribution in [2.45, 2.75) is 38.5 Å². The largest absolute Gasteiger partial charge is 0.435 e. The average Bonchev–Trinajstić information content (AvgIpc) is 3.00. The highest BCUT2D eigenvalue weighted by Crippen LogP contribution is 2.30. The zero-order valence-electron chi connectivity index (χ0n) is 16.1. The zero-order chi connectivity index (χ0) is 19.9. The molecule has 0 atom stereocenters. The Hall–Kier alpha value is -1.81. The fourth-order valence-electron chi connectivity index (χ4n) is 3.09. The van der Waals surface area contributed by atoms with Crippen molar-refractivity contribution in [2.75, 3.05) is 39.9 Å². The Labute approximate surface area is 158 Å². The van der Waals surface area contributed by atoms with Gasteiger partial charge >= 0.3 is 6.18 Å². The molecule has 0 aromatic carbocycles. The number of likely N-dealkylation sites (tertiary alicyclic amines) is 1. The summed E-state index contributed by atoms with van der Waals surface area (Å²) in [5.74, 6) is 0.532. The lowest BCUT2D eigenvalue weighted by molar-refractivity contribution is -0.142. The number of guanidine groups is 1. The van der Waals surface area contributed by atoms with Crippen LogP contribution >= 0.6 is 0 Å². The van der Waals surface area contributed by atoms with Gasteiger partial charge in [-0.1, -0.05) is 0 Å². The van der Waals surface area contributed by atoms with Gasteiger partial charge in [0.1, 0.15) is 0 Å². The first-order valence-electron chi connectivity index (χ1n) is 9.19. The van der Waals surface area contributed by atoms with Crippen molar-refractivity contribution >= 4 is 5.96 Å². The summed E-state index contributed by atoms with van der Waals surface area (Å²) in [4.78, 5) is 6.69. The molecule has 1 saturated heterocycles. The summed E-state index contributed by atoms with van der Waals surface area (Å²) in [6.45, 7) is 6.04. The van der Waals surface area contributed by atoms with Crippen LogP contribution in [0.4, 0.5) is 13.2 Å². The Morgan fingerprint density at radius 2 is 2.07 bits per heavy atom. The van der Waals surface area contributed by atoms with Crippen LogP contribution in [-0.2, 0) is 24.5 Å². The lowest BCUT2D eigenvalue weighted by Gasteiger charge is -2.32. The molecule has 0 spiro atoms. The van der Waals surface area contributed by atoms with Crippen molar-refractivity contribution in [1.82, 2.24) is 25.3 Å². The molecular formula is C17H29F3N6O. The van der Waals surface area contributed by atoms with Crippen LogP contribution in [0.5, 0.6) is 0 Å². The molecule has 0 radical (unpaired) electrons. The highest BCUT2D eigenvalue weighted by molar-refractivity contribution is 5.80. The van der Waals surface area contributed by atoms with E-state index in [1.54, 1.807) is 7.11 Å². The van der Waals surface area contributed by atoms with Gasteiger partial charge in [-0.2, -0.15) is 18.3 Å². The summed E-state index contributed by atoms with van der Waals surface area (Å²) in [5, 5.41) is 9.97. The first-order chi connectivity index (χ1) is 12.8. The maximum Gasteiger partial charge on any atom is 0.435 e. The Morgan fingerprint density at radius 3 is 2.67 bits per heavy atom. The fraction of sp³-hybridized carbons (Fsp3) is 0.765. The summed E-state index contributed by atoms with van der Waals surface area (Å²) in [6, 6.07) is 0.248. The number of rotatable bonds is 7. The van der Waals surface area contributed by atoms with E-state index in [9.17, 15) is 13.2 Å². The molecule has 0 unspecified atom stereocenters. The van der Waals surface area contributed by atoms with Gasteiger partial charge < -0.3 is 20.3 Å². The predicted octanol–water partition coefficient (Wildman–Crippen LogP) is 1.60. The predicted molar refractivity (Wildman–Crippen MR) is 97.5 cm³/mol. The number of piperidine rings is 1. The molecule has 1 aromatic heterocycles. The molecular weight excluding hydrogens is 361 g/mol. The molecule has 10 heteroatoms. The second-order valence-corrected chi connectivity index (χ2v) is 6.62. The number of ether oxygens (including phenoxy) is 1. The van der Waals surface area contributed by atoms with E-state index in [2.05, 4.69) is 25.6 Å². The number of halogens is 3. The quantitative estimate of drug-likeness (QED) is 0.547. The number of aromatic nitrogens is 2. The molecule has 0 saturated carbocycles. The number of nitrogens with one attached hydrogen (secondary N) is 2. The van der Waals surface area contributed by atoms with Gasteiger partial charge in [-0.3, -0.25) is 4.68 Å². The topological polar surface area (TPSA) is 66.7 Å². The Bertz CT molecular complexity index is 608. The van der Waals surface area contributed by atoms with Gasteiger partial charge in [0.05, 0.1) is 13.2 Å². The molecule has 1 fully saturated rings. The van der Waals surface area contributed by atoms with E-state index in [0.717, 1.165) is 39.1 Å². The molecule has 154 valence electrons.